The van der Waals surface area contributed by atoms with E-state index < -0.39 is 0 Å². The Hall–Kier alpha value is -2.40. The van der Waals surface area contributed by atoms with E-state index in [2.05, 4.69) is 36.1 Å². The third-order valence-corrected chi connectivity index (χ3v) is 6.26. The van der Waals surface area contributed by atoms with Crippen LogP contribution in [0, 0.1) is 5.41 Å². The Morgan fingerprint density at radius 3 is 2.56 bits per heavy atom. The molecular weight excluding hydrogens is 330 g/mol. The second-order valence-electron chi connectivity index (χ2n) is 6.36. The standard InChI is InChI=1S/C20H21N3OS/c1-3-13-8-10-14(11-9-13)23-12-16(24)18(19(23)21)20-22(2)15-6-4-5-7-17(15)25-20/h4-11,20-21,24H,3,12H2,1-2H3. The first-order valence-electron chi connectivity index (χ1n) is 8.46. The molecule has 1 unspecified atom stereocenters. The predicted octanol–water partition coefficient (Wildman–Crippen LogP) is 4.43. The monoisotopic (exact) mass is 351 g/mol. The predicted molar refractivity (Wildman–Crippen MR) is 105 cm³/mol. The molecule has 0 bridgehead atoms. The molecule has 2 N–H and O–H groups in total. The number of aliphatic hydroxyl groups excluding tert-OH is 1. The first-order chi connectivity index (χ1) is 12.1. The Morgan fingerprint density at radius 2 is 1.88 bits per heavy atom. The molecule has 0 aliphatic carbocycles. The Labute approximate surface area is 152 Å². The van der Waals surface area contributed by atoms with Gasteiger partial charge in [-0.05, 0) is 36.2 Å². The molecule has 0 radical (unpaired) electrons. The van der Waals surface area contributed by atoms with Crippen molar-refractivity contribution in [2.75, 3.05) is 23.4 Å². The van der Waals surface area contributed by atoms with Crippen LogP contribution in [0.1, 0.15) is 12.5 Å². The molecule has 1 atom stereocenters. The zero-order valence-electron chi connectivity index (χ0n) is 14.4. The van der Waals surface area contributed by atoms with Crippen molar-refractivity contribution < 1.29 is 5.11 Å². The van der Waals surface area contributed by atoms with Gasteiger partial charge in [0.25, 0.3) is 0 Å². The first-order valence-corrected chi connectivity index (χ1v) is 9.34. The number of benzene rings is 2. The maximum atomic E-state index is 10.6. The van der Waals surface area contributed by atoms with Crippen LogP contribution < -0.4 is 9.80 Å². The molecule has 5 heteroatoms. The molecule has 25 heavy (non-hydrogen) atoms. The molecule has 2 aliphatic rings. The van der Waals surface area contributed by atoms with Gasteiger partial charge in [0, 0.05) is 17.6 Å². The molecule has 128 valence electrons. The van der Waals surface area contributed by atoms with Gasteiger partial charge in [0.15, 0.2) is 0 Å². The number of aryl methyl sites for hydroxylation is 1. The minimum Gasteiger partial charge on any atom is -0.510 e. The quantitative estimate of drug-likeness (QED) is 0.859. The van der Waals surface area contributed by atoms with Gasteiger partial charge in [0.2, 0.25) is 0 Å². The summed E-state index contributed by atoms with van der Waals surface area (Å²) in [5.74, 6) is 0.681. The highest BCUT2D eigenvalue weighted by molar-refractivity contribution is 8.00. The lowest BCUT2D eigenvalue weighted by molar-refractivity contribution is 0.403. The van der Waals surface area contributed by atoms with Crippen LogP contribution in [0.4, 0.5) is 11.4 Å². The number of hydrogen-bond donors (Lipinski definition) is 2. The number of fused-ring (bicyclic) bond motifs is 1. The first kappa shape index (κ1) is 16.1. The van der Waals surface area contributed by atoms with E-state index in [1.54, 1.807) is 11.8 Å². The summed E-state index contributed by atoms with van der Waals surface area (Å²) in [5, 5.41) is 19.2. The molecule has 4 nitrogen and oxygen atoms in total. The van der Waals surface area contributed by atoms with Crippen LogP contribution in [0.15, 0.2) is 64.8 Å². The van der Waals surface area contributed by atoms with Crippen LogP contribution in [0.2, 0.25) is 0 Å². The lowest BCUT2D eigenvalue weighted by Gasteiger charge is -2.25. The molecule has 0 fully saturated rings. The smallest absolute Gasteiger partial charge is 0.135 e. The van der Waals surface area contributed by atoms with Gasteiger partial charge in [-0.3, -0.25) is 5.41 Å². The van der Waals surface area contributed by atoms with Gasteiger partial charge in [-0.2, -0.15) is 0 Å². The van der Waals surface area contributed by atoms with E-state index in [-0.39, 0.29) is 5.37 Å². The maximum absolute atomic E-state index is 10.6. The van der Waals surface area contributed by atoms with Crippen molar-refractivity contribution in [2.45, 2.75) is 23.6 Å². The molecule has 0 saturated carbocycles. The van der Waals surface area contributed by atoms with Gasteiger partial charge >= 0.3 is 0 Å². The zero-order valence-corrected chi connectivity index (χ0v) is 15.2. The van der Waals surface area contributed by atoms with Crippen LogP contribution in [-0.4, -0.2) is 29.9 Å². The summed E-state index contributed by atoms with van der Waals surface area (Å²) in [6.07, 6.45) is 0.994. The van der Waals surface area contributed by atoms with Gasteiger partial charge in [-0.1, -0.05) is 43.0 Å². The molecular formula is C20H21N3OS. The summed E-state index contributed by atoms with van der Waals surface area (Å²) in [7, 11) is 2.02. The summed E-state index contributed by atoms with van der Waals surface area (Å²) < 4.78 is 0. The topological polar surface area (TPSA) is 50.6 Å². The largest absolute Gasteiger partial charge is 0.510 e. The molecule has 2 aromatic rings. The van der Waals surface area contributed by atoms with Gasteiger partial charge in [0.1, 0.15) is 17.0 Å². The van der Waals surface area contributed by atoms with E-state index in [0.717, 1.165) is 17.8 Å². The molecule has 0 saturated heterocycles. The summed E-state index contributed by atoms with van der Waals surface area (Å²) in [4.78, 5) is 5.21. The SMILES string of the molecule is CCc1ccc(N2CC(O)=C(C3Sc4ccccc4N3C)C2=N)cc1. The number of aliphatic hydroxyl groups is 1. The molecule has 0 aromatic heterocycles. The third-order valence-electron chi connectivity index (χ3n) is 4.88. The number of nitrogens with one attached hydrogen (secondary N) is 1. The molecule has 2 heterocycles. The lowest BCUT2D eigenvalue weighted by Crippen LogP contribution is -2.33. The number of anilines is 2. The summed E-state index contributed by atoms with van der Waals surface area (Å²) in [6, 6.07) is 16.5. The second kappa shape index (κ2) is 6.15. The Morgan fingerprint density at radius 1 is 1.16 bits per heavy atom. The normalized spacial score (nSPS) is 19.8. The van der Waals surface area contributed by atoms with Crippen LogP contribution in [0.3, 0.4) is 0 Å². The van der Waals surface area contributed by atoms with Crippen molar-refractivity contribution in [2.24, 2.45) is 0 Å². The highest BCUT2D eigenvalue weighted by Gasteiger charge is 2.39. The van der Waals surface area contributed by atoms with E-state index >= 15 is 0 Å². The minimum atomic E-state index is -0.0650. The molecule has 2 aromatic carbocycles. The number of thioether (sulfide) groups is 1. The fourth-order valence-electron chi connectivity index (χ4n) is 3.41. The number of hydrogen-bond acceptors (Lipinski definition) is 4. The van der Waals surface area contributed by atoms with E-state index in [4.69, 9.17) is 5.41 Å². The zero-order chi connectivity index (χ0) is 17.6. The summed E-state index contributed by atoms with van der Waals surface area (Å²) >= 11 is 1.69. The molecule has 2 aliphatic heterocycles. The Balaban J connectivity index is 1.61. The fraction of sp³-hybridized carbons (Fsp3) is 0.250. The van der Waals surface area contributed by atoms with Crippen molar-refractivity contribution in [1.29, 1.82) is 5.41 Å². The Kier molecular flexibility index (Phi) is 3.96. The highest BCUT2D eigenvalue weighted by Crippen LogP contribution is 2.46. The van der Waals surface area contributed by atoms with E-state index in [1.807, 2.05) is 36.2 Å². The Bertz CT molecular complexity index is 859. The van der Waals surface area contributed by atoms with E-state index in [1.165, 1.54) is 10.5 Å². The molecule has 0 spiro atoms. The van der Waals surface area contributed by atoms with Crippen LogP contribution >= 0.6 is 11.8 Å². The van der Waals surface area contributed by atoms with Crippen molar-refractivity contribution in [3.05, 3.63) is 65.4 Å². The van der Waals surface area contributed by atoms with Gasteiger partial charge in [0.05, 0.1) is 17.8 Å². The number of para-hydroxylation sites is 1. The second-order valence-corrected chi connectivity index (χ2v) is 7.49. The average molecular weight is 351 g/mol. The van der Waals surface area contributed by atoms with Crippen molar-refractivity contribution in [3.8, 4) is 0 Å². The fourth-order valence-corrected chi connectivity index (χ4v) is 4.78. The van der Waals surface area contributed by atoms with Crippen LogP contribution in [0.25, 0.3) is 0 Å². The van der Waals surface area contributed by atoms with Crippen LogP contribution in [-0.2, 0) is 6.42 Å². The van der Waals surface area contributed by atoms with E-state index in [9.17, 15) is 5.11 Å². The van der Waals surface area contributed by atoms with Gasteiger partial charge in [-0.15, -0.1) is 0 Å². The minimum absolute atomic E-state index is 0.0650. The third kappa shape index (κ3) is 2.59. The highest BCUT2D eigenvalue weighted by atomic mass is 32.2. The molecule has 4 rings (SSSR count). The average Bonchev–Trinajstić information content (AvgIpc) is 3.12. The number of nitrogens with zero attached hydrogens (tertiary/aromatic N) is 2. The van der Waals surface area contributed by atoms with Crippen molar-refractivity contribution in [1.82, 2.24) is 0 Å². The summed E-state index contributed by atoms with van der Waals surface area (Å²) in [6.45, 7) is 2.49. The van der Waals surface area contributed by atoms with Gasteiger partial charge in [-0.25, -0.2) is 0 Å². The van der Waals surface area contributed by atoms with Gasteiger partial charge < -0.3 is 14.9 Å². The number of rotatable bonds is 3. The summed E-state index contributed by atoms with van der Waals surface area (Å²) in [5.41, 5.74) is 4.08. The number of amidine groups is 1. The lowest BCUT2D eigenvalue weighted by atomic mass is 10.1. The maximum Gasteiger partial charge on any atom is 0.135 e. The molecule has 0 amide bonds. The van der Waals surface area contributed by atoms with Crippen LogP contribution in [0.5, 0.6) is 0 Å². The van der Waals surface area contributed by atoms with Crippen molar-refractivity contribution >= 4 is 29.0 Å². The number of likely N-dealkylation sites (N-methyl/N-ethyl adjacent to an activating group) is 1. The van der Waals surface area contributed by atoms with E-state index in [0.29, 0.717) is 23.7 Å². The van der Waals surface area contributed by atoms with Crippen molar-refractivity contribution in [3.63, 3.8) is 0 Å².